The fourth-order valence-electron chi connectivity index (χ4n) is 1.81. The van der Waals surface area contributed by atoms with Crippen LogP contribution in [0.25, 0.3) is 0 Å². The molecule has 0 amide bonds. The molecule has 0 aromatic carbocycles. The molecule has 1 aliphatic rings. The van der Waals surface area contributed by atoms with Crippen LogP contribution >= 0.6 is 11.3 Å². The third-order valence-electron chi connectivity index (χ3n) is 2.73. The fourth-order valence-corrected chi connectivity index (χ4v) is 3.04. The molecule has 1 aliphatic heterocycles. The lowest BCUT2D eigenvalue weighted by Gasteiger charge is -2.10. The van der Waals surface area contributed by atoms with Crippen molar-refractivity contribution in [3.63, 3.8) is 0 Å². The zero-order valence-electron chi connectivity index (χ0n) is 8.58. The van der Waals surface area contributed by atoms with Gasteiger partial charge in [-0.1, -0.05) is 6.92 Å². The Bertz CT molecular complexity index is 285. The molecule has 1 aromatic rings. The smallest absolute Gasteiger partial charge is 0.0727 e. The van der Waals surface area contributed by atoms with Crippen LogP contribution in [0.4, 0.5) is 0 Å². The topological polar surface area (TPSA) is 35.2 Å². The van der Waals surface area contributed by atoms with E-state index >= 15 is 0 Å². The molecule has 0 radical (unpaired) electrons. The summed E-state index contributed by atoms with van der Waals surface area (Å²) in [4.78, 5) is 3.00. The van der Waals surface area contributed by atoms with Gasteiger partial charge in [-0.2, -0.15) is 0 Å². The number of fused-ring (bicyclic) bond motifs is 1. The van der Waals surface area contributed by atoms with Crippen molar-refractivity contribution in [1.29, 1.82) is 0 Å². The van der Waals surface area contributed by atoms with Crippen LogP contribution in [0.1, 0.15) is 34.6 Å². The van der Waals surface area contributed by atoms with E-state index in [0.717, 1.165) is 32.6 Å². The minimum atomic E-state index is 0.607. The SMILES string of the molecule is CC(CCN)c1cc2c(s1)CCOC2. The van der Waals surface area contributed by atoms with Gasteiger partial charge in [0.25, 0.3) is 0 Å². The van der Waals surface area contributed by atoms with E-state index in [2.05, 4.69) is 13.0 Å². The van der Waals surface area contributed by atoms with Gasteiger partial charge >= 0.3 is 0 Å². The third kappa shape index (κ3) is 2.00. The second kappa shape index (κ2) is 4.43. The number of ether oxygens (including phenoxy) is 1. The summed E-state index contributed by atoms with van der Waals surface area (Å²) in [6.45, 7) is 4.73. The number of rotatable bonds is 3. The molecule has 0 saturated heterocycles. The van der Waals surface area contributed by atoms with E-state index in [1.807, 2.05) is 11.3 Å². The molecule has 2 rings (SSSR count). The van der Waals surface area contributed by atoms with Gasteiger partial charge in [0.2, 0.25) is 0 Å². The summed E-state index contributed by atoms with van der Waals surface area (Å²) < 4.78 is 5.43. The molecule has 14 heavy (non-hydrogen) atoms. The van der Waals surface area contributed by atoms with Crippen LogP contribution in [0.2, 0.25) is 0 Å². The number of hydrogen-bond acceptors (Lipinski definition) is 3. The van der Waals surface area contributed by atoms with Crippen molar-refractivity contribution in [1.82, 2.24) is 0 Å². The Morgan fingerprint density at radius 3 is 3.21 bits per heavy atom. The number of thiophene rings is 1. The van der Waals surface area contributed by atoms with Crippen LogP contribution < -0.4 is 5.73 Å². The second-order valence-corrected chi connectivity index (χ2v) is 5.05. The first-order valence-corrected chi connectivity index (χ1v) is 6.02. The average molecular weight is 211 g/mol. The Kier molecular flexibility index (Phi) is 3.21. The van der Waals surface area contributed by atoms with Gasteiger partial charge in [-0.05, 0) is 30.5 Å². The molecule has 3 heteroatoms. The van der Waals surface area contributed by atoms with E-state index in [1.54, 1.807) is 0 Å². The highest BCUT2D eigenvalue weighted by Crippen LogP contribution is 2.32. The van der Waals surface area contributed by atoms with Crippen LogP contribution in [-0.2, 0) is 17.8 Å². The molecule has 2 heterocycles. The van der Waals surface area contributed by atoms with Crippen LogP contribution in [0.3, 0.4) is 0 Å². The molecular formula is C11H17NOS. The highest BCUT2D eigenvalue weighted by molar-refractivity contribution is 7.12. The Morgan fingerprint density at radius 2 is 2.50 bits per heavy atom. The molecular weight excluding hydrogens is 194 g/mol. The Balaban J connectivity index is 2.15. The fraction of sp³-hybridized carbons (Fsp3) is 0.636. The van der Waals surface area contributed by atoms with Gasteiger partial charge < -0.3 is 10.5 Å². The number of hydrogen-bond donors (Lipinski definition) is 1. The predicted molar refractivity (Wildman–Crippen MR) is 59.8 cm³/mol. The monoisotopic (exact) mass is 211 g/mol. The van der Waals surface area contributed by atoms with Crippen molar-refractivity contribution >= 4 is 11.3 Å². The van der Waals surface area contributed by atoms with Crippen LogP contribution in [0.5, 0.6) is 0 Å². The molecule has 0 aliphatic carbocycles. The second-order valence-electron chi connectivity index (χ2n) is 3.88. The summed E-state index contributed by atoms with van der Waals surface area (Å²) in [5, 5.41) is 0. The minimum absolute atomic E-state index is 0.607. The summed E-state index contributed by atoms with van der Waals surface area (Å²) in [6, 6.07) is 2.31. The summed E-state index contributed by atoms with van der Waals surface area (Å²) in [6.07, 6.45) is 2.18. The zero-order valence-corrected chi connectivity index (χ0v) is 9.40. The maximum atomic E-state index is 5.57. The van der Waals surface area contributed by atoms with Crippen LogP contribution in [-0.4, -0.2) is 13.2 Å². The van der Waals surface area contributed by atoms with Crippen LogP contribution in [0, 0.1) is 0 Å². The highest BCUT2D eigenvalue weighted by Gasteiger charge is 2.16. The van der Waals surface area contributed by atoms with Gasteiger partial charge in [0.15, 0.2) is 0 Å². The normalized spacial score (nSPS) is 17.9. The van der Waals surface area contributed by atoms with Gasteiger partial charge in [-0.3, -0.25) is 0 Å². The van der Waals surface area contributed by atoms with Crippen molar-refractivity contribution in [2.45, 2.75) is 32.3 Å². The zero-order chi connectivity index (χ0) is 9.97. The molecule has 2 nitrogen and oxygen atoms in total. The lowest BCUT2D eigenvalue weighted by atomic mass is 10.0. The first-order chi connectivity index (χ1) is 6.81. The lowest BCUT2D eigenvalue weighted by Crippen LogP contribution is -2.05. The Hall–Kier alpha value is -0.380. The van der Waals surface area contributed by atoms with E-state index in [-0.39, 0.29) is 0 Å². The molecule has 2 N–H and O–H groups in total. The molecule has 0 saturated carbocycles. The largest absolute Gasteiger partial charge is 0.376 e. The van der Waals surface area contributed by atoms with Gasteiger partial charge in [-0.15, -0.1) is 11.3 Å². The summed E-state index contributed by atoms with van der Waals surface area (Å²) in [5.74, 6) is 0.607. The standard InChI is InChI=1S/C11H17NOS/c1-8(2-4-12)11-6-9-7-13-5-3-10(9)14-11/h6,8H,2-5,7,12H2,1H3. The van der Waals surface area contributed by atoms with Gasteiger partial charge in [0.05, 0.1) is 13.2 Å². The Morgan fingerprint density at radius 1 is 1.64 bits per heavy atom. The molecule has 1 unspecified atom stereocenters. The molecule has 0 fully saturated rings. The maximum absolute atomic E-state index is 5.57. The Labute approximate surface area is 89.1 Å². The summed E-state index contributed by atoms with van der Waals surface area (Å²) in [7, 11) is 0. The van der Waals surface area contributed by atoms with E-state index in [1.165, 1.54) is 15.3 Å². The van der Waals surface area contributed by atoms with Gasteiger partial charge in [0, 0.05) is 16.2 Å². The van der Waals surface area contributed by atoms with E-state index < -0.39 is 0 Å². The van der Waals surface area contributed by atoms with E-state index in [0.29, 0.717) is 5.92 Å². The van der Waals surface area contributed by atoms with Crippen molar-refractivity contribution in [2.24, 2.45) is 5.73 Å². The molecule has 0 spiro atoms. The average Bonchev–Trinajstić information content (AvgIpc) is 2.61. The van der Waals surface area contributed by atoms with Crippen molar-refractivity contribution in [3.8, 4) is 0 Å². The quantitative estimate of drug-likeness (QED) is 0.832. The minimum Gasteiger partial charge on any atom is -0.376 e. The molecule has 1 aromatic heterocycles. The van der Waals surface area contributed by atoms with Crippen molar-refractivity contribution < 1.29 is 4.74 Å². The van der Waals surface area contributed by atoms with Gasteiger partial charge in [-0.25, -0.2) is 0 Å². The van der Waals surface area contributed by atoms with E-state index in [4.69, 9.17) is 10.5 Å². The first kappa shape index (κ1) is 10.1. The summed E-state index contributed by atoms with van der Waals surface area (Å²) in [5.41, 5.74) is 6.97. The van der Waals surface area contributed by atoms with Crippen LogP contribution in [0.15, 0.2) is 6.07 Å². The summed E-state index contributed by atoms with van der Waals surface area (Å²) >= 11 is 1.95. The third-order valence-corrected chi connectivity index (χ3v) is 4.20. The highest BCUT2D eigenvalue weighted by atomic mass is 32.1. The molecule has 0 bridgehead atoms. The molecule has 78 valence electrons. The lowest BCUT2D eigenvalue weighted by molar-refractivity contribution is 0.112. The first-order valence-electron chi connectivity index (χ1n) is 5.20. The maximum Gasteiger partial charge on any atom is 0.0727 e. The predicted octanol–water partition coefficient (Wildman–Crippen LogP) is 2.27. The molecule has 1 atom stereocenters. The van der Waals surface area contributed by atoms with E-state index in [9.17, 15) is 0 Å². The van der Waals surface area contributed by atoms with Crippen molar-refractivity contribution in [3.05, 3.63) is 21.4 Å². The number of nitrogens with two attached hydrogens (primary N) is 1. The van der Waals surface area contributed by atoms with Gasteiger partial charge in [0.1, 0.15) is 0 Å². The van der Waals surface area contributed by atoms with Crippen molar-refractivity contribution in [2.75, 3.05) is 13.2 Å².